The lowest BCUT2D eigenvalue weighted by Crippen LogP contribution is -2.33. The molecule has 0 saturated carbocycles. The number of ether oxygens (including phenoxy) is 3. The van der Waals surface area contributed by atoms with Gasteiger partial charge in [-0.1, -0.05) is 12.1 Å². The molecule has 0 spiro atoms. The zero-order valence-electron chi connectivity index (χ0n) is 17.4. The molecule has 1 unspecified atom stereocenters. The Morgan fingerprint density at radius 3 is 2.31 bits per heavy atom. The minimum Gasteiger partial charge on any atom is -0.496 e. The second kappa shape index (κ2) is 10.5. The Kier molecular flexibility index (Phi) is 8.03. The van der Waals surface area contributed by atoms with Crippen LogP contribution in [0, 0.1) is 5.82 Å². The van der Waals surface area contributed by atoms with Crippen LogP contribution in [0.2, 0.25) is 0 Å². The molecule has 6 nitrogen and oxygen atoms in total. The number of hydrogen-bond donors (Lipinski definition) is 1. The van der Waals surface area contributed by atoms with Crippen LogP contribution >= 0.6 is 0 Å². The molecule has 2 aromatic carbocycles. The summed E-state index contributed by atoms with van der Waals surface area (Å²) in [4.78, 5) is 14.3. The highest BCUT2D eigenvalue weighted by atomic mass is 19.1. The van der Waals surface area contributed by atoms with Gasteiger partial charge < -0.3 is 24.4 Å². The maximum absolute atomic E-state index is 13.5. The lowest BCUT2D eigenvalue weighted by atomic mass is 10.1. The number of amides is 1. The van der Waals surface area contributed by atoms with Crippen molar-refractivity contribution in [3.63, 3.8) is 0 Å². The molecule has 0 heterocycles. The number of benzene rings is 2. The van der Waals surface area contributed by atoms with Crippen LogP contribution < -0.4 is 19.5 Å². The summed E-state index contributed by atoms with van der Waals surface area (Å²) in [6.07, 6.45) is 3.06. The molecule has 0 aliphatic carbocycles. The van der Waals surface area contributed by atoms with Gasteiger partial charge in [-0.15, -0.1) is 0 Å². The molecule has 156 valence electrons. The molecule has 2 rings (SSSR count). The fraction of sp³-hybridized carbons (Fsp3) is 0.318. The standard InChI is InChI=1S/C22H27FN2O4/c1-25(2)18(15-7-6-8-17(23)11-15)14-24-22(26)10-9-16-12-20(28-4)21(29-5)13-19(16)27-3/h6-13,18H,14H2,1-5H3,(H,24,26)/b10-9+. The number of rotatable bonds is 9. The quantitative estimate of drug-likeness (QED) is 0.653. The van der Waals surface area contributed by atoms with E-state index in [1.54, 1.807) is 45.6 Å². The van der Waals surface area contributed by atoms with E-state index < -0.39 is 0 Å². The van der Waals surface area contributed by atoms with E-state index in [1.165, 1.54) is 18.2 Å². The lowest BCUT2D eigenvalue weighted by Gasteiger charge is -2.25. The third-order valence-electron chi connectivity index (χ3n) is 4.48. The number of likely N-dealkylation sites (N-methyl/N-ethyl adjacent to an activating group) is 1. The number of carbonyl (C=O) groups is 1. The van der Waals surface area contributed by atoms with Gasteiger partial charge in [0.05, 0.1) is 27.4 Å². The van der Waals surface area contributed by atoms with Crippen molar-refractivity contribution in [3.8, 4) is 17.2 Å². The minimum atomic E-state index is -0.305. The predicted octanol–water partition coefficient (Wildman–Crippen LogP) is 3.28. The van der Waals surface area contributed by atoms with Crippen LogP contribution in [-0.4, -0.2) is 52.8 Å². The van der Waals surface area contributed by atoms with Crippen molar-refractivity contribution in [2.45, 2.75) is 6.04 Å². The summed E-state index contributed by atoms with van der Waals surface area (Å²) >= 11 is 0. The van der Waals surface area contributed by atoms with E-state index in [9.17, 15) is 9.18 Å². The highest BCUT2D eigenvalue weighted by Crippen LogP contribution is 2.35. The molecule has 1 atom stereocenters. The summed E-state index contributed by atoms with van der Waals surface area (Å²) in [6.45, 7) is 0.336. The van der Waals surface area contributed by atoms with Crippen LogP contribution in [0.4, 0.5) is 4.39 Å². The van der Waals surface area contributed by atoms with Crippen molar-refractivity contribution >= 4 is 12.0 Å². The van der Waals surface area contributed by atoms with Crippen molar-refractivity contribution in [3.05, 3.63) is 59.4 Å². The van der Waals surface area contributed by atoms with Crippen LogP contribution in [0.25, 0.3) is 6.08 Å². The molecule has 1 N–H and O–H groups in total. The van der Waals surface area contributed by atoms with Crippen LogP contribution in [0.1, 0.15) is 17.2 Å². The zero-order chi connectivity index (χ0) is 21.4. The van der Waals surface area contributed by atoms with E-state index >= 15 is 0 Å². The molecule has 0 fully saturated rings. The van der Waals surface area contributed by atoms with Crippen molar-refractivity contribution < 1.29 is 23.4 Å². The molecule has 1 amide bonds. The van der Waals surface area contributed by atoms with E-state index in [2.05, 4.69) is 5.32 Å². The lowest BCUT2D eigenvalue weighted by molar-refractivity contribution is -0.116. The average Bonchev–Trinajstić information content (AvgIpc) is 2.71. The Morgan fingerprint density at radius 2 is 1.72 bits per heavy atom. The third-order valence-corrected chi connectivity index (χ3v) is 4.48. The summed E-state index contributed by atoms with van der Waals surface area (Å²) in [7, 11) is 8.38. The van der Waals surface area contributed by atoms with E-state index in [0.717, 1.165) is 5.56 Å². The van der Waals surface area contributed by atoms with Crippen LogP contribution in [0.5, 0.6) is 17.2 Å². The van der Waals surface area contributed by atoms with Crippen molar-refractivity contribution in [2.75, 3.05) is 42.0 Å². The van der Waals surface area contributed by atoms with Gasteiger partial charge >= 0.3 is 0 Å². The summed E-state index contributed by atoms with van der Waals surface area (Å²) < 4.78 is 29.4. The van der Waals surface area contributed by atoms with Crippen LogP contribution in [0.15, 0.2) is 42.5 Å². The van der Waals surface area contributed by atoms with Gasteiger partial charge in [-0.05, 0) is 43.9 Å². The highest BCUT2D eigenvalue weighted by molar-refractivity contribution is 5.92. The van der Waals surface area contributed by atoms with Crippen molar-refractivity contribution in [2.24, 2.45) is 0 Å². The van der Waals surface area contributed by atoms with Gasteiger partial charge in [-0.3, -0.25) is 4.79 Å². The summed E-state index contributed by atoms with van der Waals surface area (Å²) in [5.74, 6) is 1.05. The van der Waals surface area contributed by atoms with Crippen LogP contribution in [0.3, 0.4) is 0 Å². The second-order valence-electron chi connectivity index (χ2n) is 6.56. The number of halogens is 1. The fourth-order valence-corrected chi connectivity index (χ4v) is 2.92. The fourth-order valence-electron chi connectivity index (χ4n) is 2.92. The van der Waals surface area contributed by atoms with Crippen molar-refractivity contribution in [1.82, 2.24) is 10.2 Å². The van der Waals surface area contributed by atoms with Crippen LogP contribution in [-0.2, 0) is 4.79 Å². The number of hydrogen-bond acceptors (Lipinski definition) is 5. The monoisotopic (exact) mass is 402 g/mol. The first-order chi connectivity index (χ1) is 13.9. The summed E-state index contributed by atoms with van der Waals surface area (Å²) in [5.41, 5.74) is 1.47. The smallest absolute Gasteiger partial charge is 0.244 e. The predicted molar refractivity (Wildman–Crippen MR) is 111 cm³/mol. The van der Waals surface area contributed by atoms with Gasteiger partial charge in [0.25, 0.3) is 0 Å². The summed E-state index contributed by atoms with van der Waals surface area (Å²) in [6, 6.07) is 9.64. The normalized spacial score (nSPS) is 12.1. The third kappa shape index (κ3) is 5.96. The van der Waals surface area contributed by atoms with Gasteiger partial charge in [0.1, 0.15) is 11.6 Å². The molecule has 29 heavy (non-hydrogen) atoms. The number of nitrogens with one attached hydrogen (secondary N) is 1. The topological polar surface area (TPSA) is 60.0 Å². The Balaban J connectivity index is 2.11. The van der Waals surface area contributed by atoms with Gasteiger partial charge in [0.2, 0.25) is 5.91 Å². The first kappa shape index (κ1) is 22.2. The number of methoxy groups -OCH3 is 3. The van der Waals surface area contributed by atoms with Gasteiger partial charge in [0.15, 0.2) is 11.5 Å². The Hall–Kier alpha value is -3.06. The highest BCUT2D eigenvalue weighted by Gasteiger charge is 2.15. The Labute approximate surface area is 170 Å². The molecule has 0 bridgehead atoms. The van der Waals surface area contributed by atoms with E-state index in [4.69, 9.17) is 14.2 Å². The zero-order valence-corrected chi connectivity index (χ0v) is 17.4. The molecule has 0 aromatic heterocycles. The molecule has 0 saturated heterocycles. The maximum atomic E-state index is 13.5. The molecular formula is C22H27FN2O4. The number of carbonyl (C=O) groups excluding carboxylic acids is 1. The molecule has 0 aliphatic heterocycles. The molecule has 0 aliphatic rings. The van der Waals surface area contributed by atoms with Gasteiger partial charge in [-0.2, -0.15) is 0 Å². The maximum Gasteiger partial charge on any atom is 0.244 e. The van der Waals surface area contributed by atoms with E-state index in [1.807, 2.05) is 25.1 Å². The SMILES string of the molecule is COc1cc(OC)c(OC)cc1/C=C/C(=O)NCC(c1cccc(F)c1)N(C)C. The molecule has 2 aromatic rings. The molecule has 0 radical (unpaired) electrons. The first-order valence-electron chi connectivity index (χ1n) is 9.07. The largest absolute Gasteiger partial charge is 0.496 e. The second-order valence-corrected chi connectivity index (χ2v) is 6.56. The van der Waals surface area contributed by atoms with Gasteiger partial charge in [-0.25, -0.2) is 4.39 Å². The van der Waals surface area contributed by atoms with Gasteiger partial charge in [0, 0.05) is 24.3 Å². The Morgan fingerprint density at radius 1 is 1.07 bits per heavy atom. The van der Waals surface area contributed by atoms with Crippen molar-refractivity contribution in [1.29, 1.82) is 0 Å². The molecular weight excluding hydrogens is 375 g/mol. The Bertz CT molecular complexity index is 868. The van der Waals surface area contributed by atoms with E-state index in [0.29, 0.717) is 29.4 Å². The minimum absolute atomic E-state index is 0.154. The summed E-state index contributed by atoms with van der Waals surface area (Å²) in [5, 5.41) is 2.85. The number of nitrogens with zero attached hydrogens (tertiary/aromatic N) is 1. The average molecular weight is 402 g/mol. The first-order valence-corrected chi connectivity index (χ1v) is 9.07. The molecule has 7 heteroatoms. The van der Waals surface area contributed by atoms with E-state index in [-0.39, 0.29) is 17.8 Å².